The van der Waals surface area contributed by atoms with Gasteiger partial charge in [-0.05, 0) is 26.8 Å². The first-order valence-electron chi connectivity index (χ1n) is 8.69. The van der Waals surface area contributed by atoms with Gasteiger partial charge in [-0.3, -0.25) is 0 Å². The molecule has 1 N–H and O–H groups in total. The number of aliphatic hydroxyl groups is 1. The second kappa shape index (κ2) is 7.12. The van der Waals surface area contributed by atoms with Crippen molar-refractivity contribution in [3.05, 3.63) is 23.0 Å². The number of amides is 1. The van der Waals surface area contributed by atoms with Gasteiger partial charge in [0.05, 0.1) is 23.4 Å². The number of carbonyl (C=O) groups is 1. The molecule has 2 heterocycles. The van der Waals surface area contributed by atoms with E-state index in [1.54, 1.807) is 4.90 Å². The Balaban J connectivity index is 1.87. The Kier molecular flexibility index (Phi) is 5.21. The molecule has 3 rings (SSSR count). The largest absolute Gasteiger partial charge is 0.484 e. The predicted molar refractivity (Wildman–Crippen MR) is 96.5 cm³/mol. The zero-order chi connectivity index (χ0) is 19.1. The molecule has 2 aliphatic rings. The molecule has 2 aliphatic heterocycles. The van der Waals surface area contributed by atoms with Crippen LogP contribution in [0, 0.1) is 5.82 Å². The fourth-order valence-electron chi connectivity index (χ4n) is 3.37. The minimum Gasteiger partial charge on any atom is -0.484 e. The Morgan fingerprint density at radius 1 is 1.42 bits per heavy atom. The molecule has 26 heavy (non-hydrogen) atoms. The maximum atomic E-state index is 13.9. The third kappa shape index (κ3) is 3.99. The minimum atomic E-state index is -0.572. The maximum Gasteiger partial charge on any atom is 0.410 e. The second-order valence-corrected chi connectivity index (χ2v) is 8.07. The number of halogens is 2. The van der Waals surface area contributed by atoms with E-state index in [1.807, 2.05) is 25.7 Å². The molecule has 8 heteroatoms. The van der Waals surface area contributed by atoms with Crippen LogP contribution in [0.25, 0.3) is 0 Å². The Hall–Kier alpha value is -1.73. The smallest absolute Gasteiger partial charge is 0.410 e. The highest BCUT2D eigenvalue weighted by molar-refractivity contribution is 6.32. The van der Waals surface area contributed by atoms with Gasteiger partial charge in [0.25, 0.3) is 0 Å². The first-order chi connectivity index (χ1) is 12.2. The molecule has 1 fully saturated rings. The highest BCUT2D eigenvalue weighted by atomic mass is 35.5. The number of aliphatic hydroxyl groups excluding tert-OH is 1. The summed E-state index contributed by atoms with van der Waals surface area (Å²) in [5.41, 5.74) is -0.0164. The van der Waals surface area contributed by atoms with Gasteiger partial charge in [-0.25, -0.2) is 9.18 Å². The van der Waals surface area contributed by atoms with Crippen molar-refractivity contribution in [2.24, 2.45) is 0 Å². The van der Waals surface area contributed by atoms with E-state index in [0.29, 0.717) is 37.5 Å². The summed E-state index contributed by atoms with van der Waals surface area (Å²) in [6.07, 6.45) is -0.367. The molecule has 0 saturated carbocycles. The molecule has 144 valence electrons. The van der Waals surface area contributed by atoms with E-state index in [1.165, 1.54) is 12.1 Å². The zero-order valence-corrected chi connectivity index (χ0v) is 15.9. The molecule has 0 unspecified atom stereocenters. The number of fused-ring (bicyclic) bond motifs is 3. The third-order valence-corrected chi connectivity index (χ3v) is 4.74. The van der Waals surface area contributed by atoms with Crippen molar-refractivity contribution in [2.75, 3.05) is 31.1 Å². The average molecular weight is 387 g/mol. The van der Waals surface area contributed by atoms with Gasteiger partial charge in [0.2, 0.25) is 0 Å². The van der Waals surface area contributed by atoms with Crippen LogP contribution >= 0.6 is 11.6 Å². The summed E-state index contributed by atoms with van der Waals surface area (Å²) in [7, 11) is 0. The van der Waals surface area contributed by atoms with Crippen LogP contribution in [0.3, 0.4) is 0 Å². The molecule has 0 aliphatic carbocycles. The Labute approximate surface area is 157 Å². The first-order valence-corrected chi connectivity index (χ1v) is 9.07. The fraction of sp³-hybridized carbons (Fsp3) is 0.611. The predicted octanol–water partition coefficient (Wildman–Crippen LogP) is 3.05. The number of ether oxygens (including phenoxy) is 2. The molecule has 1 saturated heterocycles. The lowest BCUT2D eigenvalue weighted by molar-refractivity contribution is 0.0197. The SMILES string of the molecule is CC(C)(C)OC(=O)N1CCN2c3cc(F)cc(Cl)c3O[C@H](CO)C[C@@H]2C1. The summed E-state index contributed by atoms with van der Waals surface area (Å²) in [4.78, 5) is 16.0. The summed E-state index contributed by atoms with van der Waals surface area (Å²) in [5.74, 6) is -0.0755. The highest BCUT2D eigenvalue weighted by Gasteiger charge is 2.38. The molecular formula is C18H24ClFN2O4. The molecule has 1 amide bonds. The van der Waals surface area contributed by atoms with Gasteiger partial charge in [0, 0.05) is 32.1 Å². The van der Waals surface area contributed by atoms with Crippen molar-refractivity contribution in [3.63, 3.8) is 0 Å². The van der Waals surface area contributed by atoms with Gasteiger partial charge in [0.15, 0.2) is 5.75 Å². The molecule has 0 aromatic heterocycles. The topological polar surface area (TPSA) is 62.2 Å². The van der Waals surface area contributed by atoms with Gasteiger partial charge < -0.3 is 24.4 Å². The standard InChI is InChI=1S/C18H24ClFN2O4/c1-18(2,3)26-17(24)21-4-5-22-12(9-21)8-13(10-23)25-16-14(19)6-11(20)7-15(16)22/h6-7,12-13,23H,4-5,8-10H2,1-3H3/t12-,13+/m1/s1. The lowest BCUT2D eigenvalue weighted by atomic mass is 10.0. The van der Waals surface area contributed by atoms with Gasteiger partial charge in [-0.2, -0.15) is 0 Å². The van der Waals surface area contributed by atoms with E-state index in [9.17, 15) is 14.3 Å². The quantitative estimate of drug-likeness (QED) is 0.803. The number of piperazine rings is 1. The normalized spacial score (nSPS) is 22.8. The van der Waals surface area contributed by atoms with Crippen molar-refractivity contribution >= 4 is 23.4 Å². The zero-order valence-electron chi connectivity index (χ0n) is 15.2. The lowest BCUT2D eigenvalue weighted by Gasteiger charge is -2.42. The highest BCUT2D eigenvalue weighted by Crippen LogP contribution is 2.42. The molecule has 0 radical (unpaired) electrons. The Bertz CT molecular complexity index is 695. The molecular weight excluding hydrogens is 363 g/mol. The van der Waals surface area contributed by atoms with Crippen LogP contribution in [0.4, 0.5) is 14.9 Å². The number of anilines is 1. The second-order valence-electron chi connectivity index (χ2n) is 7.67. The maximum absolute atomic E-state index is 13.9. The van der Waals surface area contributed by atoms with E-state index in [4.69, 9.17) is 21.1 Å². The van der Waals surface area contributed by atoms with Crippen LogP contribution in [0.2, 0.25) is 5.02 Å². The van der Waals surface area contributed by atoms with E-state index in [2.05, 4.69) is 0 Å². The van der Waals surface area contributed by atoms with Crippen LogP contribution in [0.1, 0.15) is 27.2 Å². The summed E-state index contributed by atoms with van der Waals surface area (Å²) in [6, 6.07) is 2.45. The van der Waals surface area contributed by atoms with Gasteiger partial charge in [0.1, 0.15) is 17.5 Å². The van der Waals surface area contributed by atoms with Crippen molar-refractivity contribution in [1.29, 1.82) is 0 Å². The first kappa shape index (κ1) is 19.0. The lowest BCUT2D eigenvalue weighted by Crippen LogP contribution is -2.56. The molecule has 0 spiro atoms. The van der Waals surface area contributed by atoms with Crippen molar-refractivity contribution in [2.45, 2.75) is 44.9 Å². The number of hydrogen-bond donors (Lipinski definition) is 1. The van der Waals surface area contributed by atoms with Crippen LogP contribution in [-0.4, -0.2) is 60.1 Å². The third-order valence-electron chi connectivity index (χ3n) is 4.46. The van der Waals surface area contributed by atoms with Crippen LogP contribution in [0.5, 0.6) is 5.75 Å². The van der Waals surface area contributed by atoms with Crippen molar-refractivity contribution in [3.8, 4) is 5.75 Å². The monoisotopic (exact) mass is 386 g/mol. The summed E-state index contributed by atoms with van der Waals surface area (Å²) < 4.78 is 25.2. The van der Waals surface area contributed by atoms with Gasteiger partial charge >= 0.3 is 6.09 Å². The summed E-state index contributed by atoms with van der Waals surface area (Å²) in [5, 5.41) is 9.81. The van der Waals surface area contributed by atoms with Crippen LogP contribution in [-0.2, 0) is 4.74 Å². The number of nitrogens with zero attached hydrogens (tertiary/aromatic N) is 2. The Morgan fingerprint density at radius 3 is 2.81 bits per heavy atom. The van der Waals surface area contributed by atoms with Gasteiger partial charge in [-0.1, -0.05) is 11.6 Å². The number of hydrogen-bond acceptors (Lipinski definition) is 5. The van der Waals surface area contributed by atoms with Crippen LogP contribution < -0.4 is 9.64 Å². The molecule has 0 bridgehead atoms. The average Bonchev–Trinajstić information content (AvgIpc) is 2.69. The van der Waals surface area contributed by atoms with Gasteiger partial charge in [-0.15, -0.1) is 0 Å². The van der Waals surface area contributed by atoms with Crippen LogP contribution in [0.15, 0.2) is 12.1 Å². The van der Waals surface area contributed by atoms with E-state index in [-0.39, 0.29) is 23.8 Å². The fourth-order valence-corrected chi connectivity index (χ4v) is 3.62. The van der Waals surface area contributed by atoms with Crippen molar-refractivity contribution in [1.82, 2.24) is 4.90 Å². The summed E-state index contributed by atoms with van der Waals surface area (Å²) >= 11 is 6.17. The molecule has 6 nitrogen and oxygen atoms in total. The number of rotatable bonds is 1. The summed E-state index contributed by atoms with van der Waals surface area (Å²) in [6.45, 7) is 6.63. The molecule has 2 atom stereocenters. The van der Waals surface area contributed by atoms with E-state index in [0.717, 1.165) is 0 Å². The molecule has 1 aromatic carbocycles. The Morgan fingerprint density at radius 2 is 2.15 bits per heavy atom. The minimum absolute atomic E-state index is 0.132. The number of carbonyl (C=O) groups excluding carboxylic acids is 1. The number of benzene rings is 1. The van der Waals surface area contributed by atoms with E-state index >= 15 is 0 Å². The van der Waals surface area contributed by atoms with E-state index < -0.39 is 17.5 Å². The van der Waals surface area contributed by atoms with Crippen molar-refractivity contribution < 1.29 is 23.8 Å². The molecule has 1 aromatic rings.